The third-order valence-electron chi connectivity index (χ3n) is 8.30. The van der Waals surface area contributed by atoms with Gasteiger partial charge in [-0.05, 0) is 38.5 Å². The summed E-state index contributed by atoms with van der Waals surface area (Å²) >= 11 is 0. The van der Waals surface area contributed by atoms with E-state index in [0.29, 0.717) is 23.9 Å². The Kier molecular flexibility index (Phi) is 30.9. The summed E-state index contributed by atoms with van der Waals surface area (Å²) in [7, 11) is 1.47. The number of unbranched alkanes of at least 4 members (excludes halogenated alkanes) is 19. The lowest BCUT2D eigenvalue weighted by Crippen LogP contribution is -2.37. The van der Waals surface area contributed by atoms with Crippen LogP contribution in [0.1, 0.15) is 168 Å². The summed E-state index contributed by atoms with van der Waals surface area (Å²) in [6.07, 6.45) is 29.7. The highest BCUT2D eigenvalue weighted by molar-refractivity contribution is 7.47. The van der Waals surface area contributed by atoms with Gasteiger partial charge in [-0.1, -0.05) is 129 Å². The molecule has 0 saturated carbocycles. The van der Waals surface area contributed by atoms with Gasteiger partial charge >= 0.3 is 19.8 Å². The first-order valence-corrected chi connectivity index (χ1v) is 20.9. The molecule has 0 heterocycles. The van der Waals surface area contributed by atoms with Crippen LogP contribution in [-0.4, -0.2) is 74.9 Å². The predicted octanol–water partition coefficient (Wildman–Crippen LogP) is 10.2. The molecule has 284 valence electrons. The van der Waals surface area contributed by atoms with Gasteiger partial charge in [-0.2, -0.15) is 0 Å². The number of quaternary nitrogens is 1. The van der Waals surface area contributed by atoms with Crippen LogP contribution in [0, 0.1) is 0 Å². The van der Waals surface area contributed by atoms with E-state index < -0.39 is 26.5 Å². The maximum Gasteiger partial charge on any atom is 0.472 e. The molecule has 0 aromatic carbocycles. The lowest BCUT2D eigenvalue weighted by molar-refractivity contribution is -0.870. The van der Waals surface area contributed by atoms with Gasteiger partial charge < -0.3 is 18.9 Å². The van der Waals surface area contributed by atoms with Crippen molar-refractivity contribution in [3.05, 3.63) is 12.2 Å². The number of esters is 2. The third-order valence-corrected chi connectivity index (χ3v) is 9.28. The number of nitrogens with zero attached hydrogens (tertiary/aromatic N) is 1. The van der Waals surface area contributed by atoms with E-state index in [4.69, 9.17) is 18.5 Å². The first-order chi connectivity index (χ1) is 23.0. The Balaban J connectivity index is 4.45. The highest BCUT2D eigenvalue weighted by atomic mass is 31.2. The minimum atomic E-state index is -4.36. The largest absolute Gasteiger partial charge is 0.472 e. The van der Waals surface area contributed by atoms with E-state index >= 15 is 0 Å². The second kappa shape index (κ2) is 31.7. The van der Waals surface area contributed by atoms with Crippen molar-refractivity contribution in [1.82, 2.24) is 0 Å². The molecule has 9 nitrogen and oxygen atoms in total. The zero-order chi connectivity index (χ0) is 35.8. The molecule has 0 spiro atoms. The fourth-order valence-electron chi connectivity index (χ4n) is 5.18. The summed E-state index contributed by atoms with van der Waals surface area (Å²) in [5.41, 5.74) is 0. The van der Waals surface area contributed by atoms with E-state index in [1.165, 1.54) is 89.9 Å². The second-order valence-corrected chi connectivity index (χ2v) is 15.8. The normalized spacial score (nSPS) is 13.9. The van der Waals surface area contributed by atoms with Crippen LogP contribution in [0.2, 0.25) is 0 Å². The number of carbonyl (C=O) groups excluding carboxylic acids is 2. The molecular weight excluding hydrogens is 629 g/mol. The molecule has 1 N–H and O–H groups in total. The first kappa shape index (κ1) is 46.8. The monoisotopic (exact) mass is 705 g/mol. The molecule has 0 radical (unpaired) electrons. The Labute approximate surface area is 295 Å². The Morgan fingerprint density at radius 2 is 1.06 bits per heavy atom. The number of likely N-dealkylation sites (N-methyl/N-ethyl adjacent to an activating group) is 1. The SMILES string of the molecule is CCCCCCCC/C=C\CCCCCC(=O)OC(COC(=O)CCCCCCCCCCCCC)COP(=O)(O)OCC[N+](C)(C)C. The summed E-state index contributed by atoms with van der Waals surface area (Å²) in [5, 5.41) is 0. The van der Waals surface area contributed by atoms with Crippen LogP contribution in [0.5, 0.6) is 0 Å². The van der Waals surface area contributed by atoms with Crippen LogP contribution in [-0.2, 0) is 32.7 Å². The van der Waals surface area contributed by atoms with Gasteiger partial charge in [0.25, 0.3) is 0 Å². The Morgan fingerprint density at radius 1 is 0.625 bits per heavy atom. The maximum atomic E-state index is 12.6. The van der Waals surface area contributed by atoms with E-state index in [-0.39, 0.29) is 25.6 Å². The molecule has 0 rings (SSSR count). The molecule has 0 amide bonds. The predicted molar refractivity (Wildman–Crippen MR) is 197 cm³/mol. The van der Waals surface area contributed by atoms with E-state index in [1.54, 1.807) is 0 Å². The van der Waals surface area contributed by atoms with Crippen molar-refractivity contribution in [1.29, 1.82) is 0 Å². The zero-order valence-electron chi connectivity index (χ0n) is 31.7. The summed E-state index contributed by atoms with van der Waals surface area (Å²) in [6, 6.07) is 0. The van der Waals surface area contributed by atoms with Gasteiger partial charge in [-0.25, -0.2) is 4.57 Å². The first-order valence-electron chi connectivity index (χ1n) is 19.4. The van der Waals surface area contributed by atoms with Crippen molar-refractivity contribution in [2.75, 3.05) is 47.5 Å². The molecule has 2 atom stereocenters. The maximum absolute atomic E-state index is 12.6. The molecule has 0 aromatic heterocycles. The van der Waals surface area contributed by atoms with Crippen LogP contribution in [0.25, 0.3) is 0 Å². The molecule has 0 aliphatic rings. The number of phosphoric ester groups is 1. The van der Waals surface area contributed by atoms with E-state index in [1.807, 2.05) is 21.1 Å². The molecule has 0 bridgehead atoms. The minimum Gasteiger partial charge on any atom is -0.462 e. The molecular formula is C38H75NO8P+. The Morgan fingerprint density at radius 3 is 1.56 bits per heavy atom. The summed E-state index contributed by atoms with van der Waals surface area (Å²) in [5.74, 6) is -0.815. The van der Waals surface area contributed by atoms with Crippen LogP contribution >= 0.6 is 7.82 Å². The van der Waals surface area contributed by atoms with Gasteiger partial charge in [-0.3, -0.25) is 18.6 Å². The van der Waals surface area contributed by atoms with Gasteiger partial charge in [0.05, 0.1) is 27.7 Å². The van der Waals surface area contributed by atoms with Crippen molar-refractivity contribution in [2.24, 2.45) is 0 Å². The average molecular weight is 705 g/mol. The van der Waals surface area contributed by atoms with E-state index in [2.05, 4.69) is 26.0 Å². The second-order valence-electron chi connectivity index (χ2n) is 14.3. The molecule has 0 saturated heterocycles. The number of hydrogen-bond acceptors (Lipinski definition) is 7. The van der Waals surface area contributed by atoms with Crippen molar-refractivity contribution in [2.45, 2.75) is 174 Å². The Bertz CT molecular complexity index is 845. The standard InChI is InChI=1S/C38H74NO8P/c1-6-8-10-12-14-16-18-19-21-23-25-27-29-31-38(41)47-36(35-46-48(42,43)45-33-32-39(3,4)5)34-44-37(40)30-28-26-24-22-20-17-15-13-11-9-7-2/h19,21,36H,6-18,20,22-35H2,1-5H3/p+1/b21-19-. The molecule has 48 heavy (non-hydrogen) atoms. The number of allylic oxidation sites excluding steroid dienone is 2. The molecule has 0 aromatic rings. The smallest absolute Gasteiger partial charge is 0.462 e. The molecule has 0 aliphatic carbocycles. The van der Waals surface area contributed by atoms with Crippen molar-refractivity contribution in [3.8, 4) is 0 Å². The van der Waals surface area contributed by atoms with Crippen molar-refractivity contribution < 1.29 is 42.1 Å². The highest BCUT2D eigenvalue weighted by Crippen LogP contribution is 2.43. The van der Waals surface area contributed by atoms with Crippen LogP contribution < -0.4 is 0 Å². The minimum absolute atomic E-state index is 0.0317. The van der Waals surface area contributed by atoms with Gasteiger partial charge in [0.2, 0.25) is 0 Å². The molecule has 10 heteroatoms. The number of phosphoric acid groups is 1. The quantitative estimate of drug-likeness (QED) is 0.0228. The van der Waals surface area contributed by atoms with Gasteiger partial charge in [0.1, 0.15) is 19.8 Å². The fraction of sp³-hybridized carbons (Fsp3) is 0.895. The zero-order valence-corrected chi connectivity index (χ0v) is 32.6. The lowest BCUT2D eigenvalue weighted by Gasteiger charge is -2.24. The highest BCUT2D eigenvalue weighted by Gasteiger charge is 2.27. The van der Waals surface area contributed by atoms with Gasteiger partial charge in [0.15, 0.2) is 6.10 Å². The van der Waals surface area contributed by atoms with Crippen LogP contribution in [0.3, 0.4) is 0 Å². The number of carbonyl (C=O) groups is 2. The summed E-state index contributed by atoms with van der Waals surface area (Å²) in [6.45, 7) is 4.38. The van der Waals surface area contributed by atoms with Crippen LogP contribution in [0.4, 0.5) is 0 Å². The van der Waals surface area contributed by atoms with Crippen molar-refractivity contribution in [3.63, 3.8) is 0 Å². The average Bonchev–Trinajstić information content (AvgIpc) is 3.02. The topological polar surface area (TPSA) is 108 Å². The van der Waals surface area contributed by atoms with E-state index in [9.17, 15) is 19.0 Å². The number of ether oxygens (including phenoxy) is 2. The summed E-state index contributed by atoms with van der Waals surface area (Å²) in [4.78, 5) is 35.1. The van der Waals surface area contributed by atoms with Gasteiger partial charge in [0, 0.05) is 12.8 Å². The van der Waals surface area contributed by atoms with E-state index in [0.717, 1.165) is 44.9 Å². The molecule has 0 aliphatic heterocycles. The van der Waals surface area contributed by atoms with Crippen molar-refractivity contribution >= 4 is 19.8 Å². The number of rotatable bonds is 35. The lowest BCUT2D eigenvalue weighted by atomic mass is 10.1. The molecule has 0 fully saturated rings. The summed E-state index contributed by atoms with van der Waals surface area (Å²) < 4.78 is 34.1. The van der Waals surface area contributed by atoms with Crippen LogP contribution in [0.15, 0.2) is 12.2 Å². The fourth-order valence-corrected chi connectivity index (χ4v) is 5.93. The van der Waals surface area contributed by atoms with Gasteiger partial charge in [-0.15, -0.1) is 0 Å². The molecule has 2 unspecified atom stereocenters. The third kappa shape index (κ3) is 34.6. The number of hydrogen-bond donors (Lipinski definition) is 1. The Hall–Kier alpha value is -1.25.